The smallest absolute Gasteiger partial charge is 0.248 e. The number of hydrogen-bond acceptors (Lipinski definition) is 9. The number of benzene rings is 2. The van der Waals surface area contributed by atoms with Gasteiger partial charge >= 0.3 is 0 Å². The molecule has 0 unspecified atom stereocenters. The Morgan fingerprint density at radius 1 is 1.00 bits per heavy atom. The van der Waals surface area contributed by atoms with Gasteiger partial charge in [0, 0.05) is 11.3 Å². The molecule has 0 bridgehead atoms. The van der Waals surface area contributed by atoms with Crippen molar-refractivity contribution < 1.29 is 14.3 Å². The lowest BCUT2D eigenvalue weighted by molar-refractivity contribution is -0.119. The largest absolute Gasteiger partial charge is 0.493 e. The molecular formula is C21H22N4O3S3. The van der Waals surface area contributed by atoms with Crippen LogP contribution in [0.3, 0.4) is 0 Å². The molecule has 1 amide bonds. The summed E-state index contributed by atoms with van der Waals surface area (Å²) in [6.45, 7) is 3.94. The molecule has 0 saturated heterocycles. The van der Waals surface area contributed by atoms with E-state index in [1.165, 1.54) is 28.7 Å². The van der Waals surface area contributed by atoms with Crippen molar-refractivity contribution in [1.82, 2.24) is 21.0 Å². The van der Waals surface area contributed by atoms with Crippen LogP contribution >= 0.6 is 34.9 Å². The topological polar surface area (TPSA) is 85.4 Å². The summed E-state index contributed by atoms with van der Waals surface area (Å²) < 4.78 is 12.1. The van der Waals surface area contributed by atoms with Gasteiger partial charge in [0.15, 0.2) is 20.2 Å². The molecule has 162 valence electrons. The maximum Gasteiger partial charge on any atom is 0.248 e. The quantitative estimate of drug-likeness (QED) is 0.315. The van der Waals surface area contributed by atoms with Crippen LogP contribution in [0.1, 0.15) is 11.1 Å². The number of carbonyl (C=O) groups is 1. The van der Waals surface area contributed by atoms with Gasteiger partial charge in [-0.25, -0.2) is 0 Å². The van der Waals surface area contributed by atoms with Crippen LogP contribution in [0.25, 0.3) is 5.70 Å². The van der Waals surface area contributed by atoms with Crippen LogP contribution in [0.5, 0.6) is 11.5 Å². The number of thioether (sulfide) groups is 2. The predicted molar refractivity (Wildman–Crippen MR) is 126 cm³/mol. The lowest BCUT2D eigenvalue weighted by Gasteiger charge is -2.13. The maximum atomic E-state index is 12.2. The van der Waals surface area contributed by atoms with Crippen LogP contribution in [0.4, 0.5) is 0 Å². The van der Waals surface area contributed by atoms with Gasteiger partial charge in [-0.15, -0.1) is 10.2 Å². The second kappa shape index (κ2) is 11.6. The Kier molecular flexibility index (Phi) is 8.63. The van der Waals surface area contributed by atoms with Gasteiger partial charge in [0.2, 0.25) is 5.91 Å². The Balaban J connectivity index is 1.42. The molecule has 0 aliphatic rings. The third-order valence-corrected chi connectivity index (χ3v) is 7.27. The molecule has 2 N–H and O–H groups in total. The summed E-state index contributed by atoms with van der Waals surface area (Å²) in [4.78, 5) is 12.2. The second-order valence-corrected chi connectivity index (χ2v) is 9.54. The molecule has 31 heavy (non-hydrogen) atoms. The van der Waals surface area contributed by atoms with Crippen molar-refractivity contribution in [2.45, 2.75) is 14.4 Å². The first-order valence-corrected chi connectivity index (χ1v) is 12.0. The van der Waals surface area contributed by atoms with Crippen LogP contribution in [0.15, 0.2) is 63.8 Å². The minimum Gasteiger partial charge on any atom is -0.493 e. The number of ether oxygens (including phenoxy) is 2. The van der Waals surface area contributed by atoms with Gasteiger partial charge in [0.1, 0.15) is 0 Å². The van der Waals surface area contributed by atoms with Gasteiger partial charge in [0.05, 0.1) is 25.7 Å². The molecule has 2 aromatic carbocycles. The second-order valence-electron chi connectivity index (χ2n) is 6.12. The third-order valence-electron chi connectivity index (χ3n) is 4.00. The van der Waals surface area contributed by atoms with Gasteiger partial charge in [-0.1, -0.05) is 71.8 Å². The standard InChI is InChI=1S/C21H22N4O3S3/c1-14(16-9-10-17(27-2)18(11-16)28-3)22-23-19(26)13-30-21-25-24-20(31-21)29-12-15-7-5-4-6-8-15/h4-11,22H,1,12-13H2,2-3H3,(H,23,26). The molecule has 0 aliphatic heterocycles. The molecule has 0 atom stereocenters. The lowest BCUT2D eigenvalue weighted by Crippen LogP contribution is -2.37. The zero-order chi connectivity index (χ0) is 22.1. The van der Waals surface area contributed by atoms with Crippen molar-refractivity contribution >= 4 is 46.5 Å². The van der Waals surface area contributed by atoms with Crippen LogP contribution in [0, 0.1) is 0 Å². The first-order chi connectivity index (χ1) is 15.1. The van der Waals surface area contributed by atoms with Gasteiger partial charge < -0.3 is 9.47 Å². The predicted octanol–water partition coefficient (Wildman–Crippen LogP) is 4.23. The number of hydrazine groups is 1. The molecule has 10 heteroatoms. The maximum absolute atomic E-state index is 12.2. The van der Waals surface area contributed by atoms with Crippen molar-refractivity contribution in [2.24, 2.45) is 0 Å². The first kappa shape index (κ1) is 23.0. The van der Waals surface area contributed by atoms with Crippen molar-refractivity contribution in [2.75, 3.05) is 20.0 Å². The van der Waals surface area contributed by atoms with E-state index in [4.69, 9.17) is 9.47 Å². The number of nitrogens with zero attached hydrogens (tertiary/aromatic N) is 2. The molecule has 0 aliphatic carbocycles. The molecular weight excluding hydrogens is 452 g/mol. The number of methoxy groups -OCH3 is 2. The SMILES string of the molecule is C=C(NNC(=O)CSc1nnc(SCc2ccccc2)s1)c1ccc(OC)c(OC)c1. The average molecular weight is 475 g/mol. The Morgan fingerprint density at radius 2 is 1.71 bits per heavy atom. The van der Waals surface area contributed by atoms with E-state index in [0.29, 0.717) is 17.2 Å². The zero-order valence-corrected chi connectivity index (χ0v) is 19.5. The Morgan fingerprint density at radius 3 is 2.42 bits per heavy atom. The van der Waals surface area contributed by atoms with E-state index in [1.54, 1.807) is 38.1 Å². The van der Waals surface area contributed by atoms with Crippen molar-refractivity contribution in [1.29, 1.82) is 0 Å². The Hall–Kier alpha value is -2.69. The molecule has 0 radical (unpaired) electrons. The molecule has 1 heterocycles. The number of nitrogens with one attached hydrogen (secondary N) is 2. The molecule has 0 fully saturated rings. The van der Waals surface area contributed by atoms with Crippen molar-refractivity contribution in [3.63, 3.8) is 0 Å². The molecule has 1 aromatic heterocycles. The molecule has 0 spiro atoms. The van der Waals surface area contributed by atoms with Crippen LogP contribution in [-0.2, 0) is 10.5 Å². The fraction of sp³-hybridized carbons (Fsp3) is 0.190. The van der Waals surface area contributed by atoms with Gasteiger partial charge in [-0.3, -0.25) is 15.6 Å². The molecule has 3 aromatic rings. The summed E-state index contributed by atoms with van der Waals surface area (Å²) >= 11 is 4.46. The minimum atomic E-state index is -0.194. The molecule has 3 rings (SSSR count). The van der Waals surface area contributed by atoms with Crippen LogP contribution in [-0.4, -0.2) is 36.1 Å². The van der Waals surface area contributed by atoms with Crippen LogP contribution < -0.4 is 20.3 Å². The summed E-state index contributed by atoms with van der Waals surface area (Å²) in [6, 6.07) is 15.6. The number of carbonyl (C=O) groups excluding carboxylic acids is 1. The van der Waals surface area contributed by atoms with Crippen molar-refractivity contribution in [3.05, 3.63) is 66.2 Å². The van der Waals surface area contributed by atoms with Crippen molar-refractivity contribution in [3.8, 4) is 11.5 Å². The number of rotatable bonds is 11. The van der Waals surface area contributed by atoms with Gasteiger partial charge in [0.25, 0.3) is 0 Å². The summed E-state index contributed by atoms with van der Waals surface area (Å²) in [6.07, 6.45) is 0. The van der Waals surface area contributed by atoms with E-state index in [-0.39, 0.29) is 11.7 Å². The number of amides is 1. The number of aromatic nitrogens is 2. The summed E-state index contributed by atoms with van der Waals surface area (Å²) in [5, 5.41) is 8.33. The number of hydrogen-bond donors (Lipinski definition) is 2. The molecule has 7 nitrogen and oxygen atoms in total. The van der Waals surface area contributed by atoms with E-state index in [9.17, 15) is 4.79 Å². The third kappa shape index (κ3) is 6.91. The monoisotopic (exact) mass is 474 g/mol. The van der Waals surface area contributed by atoms with Gasteiger partial charge in [-0.2, -0.15) is 0 Å². The highest BCUT2D eigenvalue weighted by Gasteiger charge is 2.10. The highest BCUT2D eigenvalue weighted by atomic mass is 32.2. The van der Waals surface area contributed by atoms with E-state index < -0.39 is 0 Å². The fourth-order valence-corrected chi connectivity index (χ4v) is 5.21. The van der Waals surface area contributed by atoms with Gasteiger partial charge in [-0.05, 0) is 23.8 Å². The molecule has 0 saturated carbocycles. The Labute approximate surface area is 193 Å². The summed E-state index contributed by atoms with van der Waals surface area (Å²) in [7, 11) is 3.14. The highest BCUT2D eigenvalue weighted by Crippen LogP contribution is 2.31. The normalized spacial score (nSPS) is 10.4. The fourth-order valence-electron chi connectivity index (χ4n) is 2.44. The van der Waals surface area contributed by atoms with Crippen LogP contribution in [0.2, 0.25) is 0 Å². The zero-order valence-electron chi connectivity index (χ0n) is 17.1. The highest BCUT2D eigenvalue weighted by molar-refractivity contribution is 8.03. The first-order valence-electron chi connectivity index (χ1n) is 9.18. The summed E-state index contributed by atoms with van der Waals surface area (Å²) in [5.41, 5.74) is 8.01. The summed E-state index contributed by atoms with van der Waals surface area (Å²) in [5.74, 6) is 2.06. The van der Waals surface area contributed by atoms with E-state index in [1.807, 2.05) is 24.3 Å². The Bertz CT molecular complexity index is 1030. The van der Waals surface area contributed by atoms with E-state index >= 15 is 0 Å². The minimum absolute atomic E-state index is 0.194. The average Bonchev–Trinajstić information content (AvgIpc) is 3.28. The lowest BCUT2D eigenvalue weighted by atomic mass is 10.1. The van der Waals surface area contributed by atoms with E-state index in [2.05, 4.69) is 39.8 Å². The van der Waals surface area contributed by atoms with E-state index in [0.717, 1.165) is 20.0 Å².